The summed E-state index contributed by atoms with van der Waals surface area (Å²) in [4.78, 5) is 30.7. The Morgan fingerprint density at radius 2 is 2.19 bits per heavy atom. The van der Waals surface area contributed by atoms with E-state index in [4.69, 9.17) is 5.11 Å². The molecule has 0 aromatic carbocycles. The number of hydrogen-bond acceptors (Lipinski definition) is 4. The fourth-order valence-corrected chi connectivity index (χ4v) is 2.16. The Morgan fingerprint density at radius 1 is 1.43 bits per heavy atom. The number of fused-ring (bicyclic) bond motifs is 1. The van der Waals surface area contributed by atoms with Gasteiger partial charge in [0.25, 0.3) is 11.5 Å². The van der Waals surface area contributed by atoms with Crippen LogP contribution in [0.1, 0.15) is 30.6 Å². The van der Waals surface area contributed by atoms with Crippen LogP contribution in [0, 0.1) is 0 Å². The second-order valence-electron chi connectivity index (χ2n) is 5.08. The first kappa shape index (κ1) is 15.2. The number of aliphatic hydroxyl groups excluding tert-OH is 1. The summed E-state index contributed by atoms with van der Waals surface area (Å²) < 4.78 is 1.36. The third-order valence-corrected chi connectivity index (χ3v) is 3.29. The minimum Gasteiger partial charge on any atom is -0.396 e. The van der Waals surface area contributed by atoms with Crippen molar-refractivity contribution >= 4 is 11.6 Å². The van der Waals surface area contributed by atoms with Crippen molar-refractivity contribution in [1.82, 2.24) is 14.3 Å². The number of amides is 1. The highest BCUT2D eigenvalue weighted by Gasteiger charge is 2.22. The van der Waals surface area contributed by atoms with Crippen molar-refractivity contribution in [3.05, 3.63) is 46.5 Å². The van der Waals surface area contributed by atoms with Crippen LogP contribution in [0.4, 0.5) is 0 Å². The predicted octanol–water partition coefficient (Wildman–Crippen LogP) is 0.927. The van der Waals surface area contributed by atoms with Crippen molar-refractivity contribution in [3.8, 4) is 0 Å². The number of hydrogen-bond donors (Lipinski definition) is 1. The van der Waals surface area contributed by atoms with Crippen molar-refractivity contribution in [2.45, 2.75) is 26.3 Å². The van der Waals surface area contributed by atoms with Crippen LogP contribution >= 0.6 is 0 Å². The normalized spacial score (nSPS) is 11.0. The number of carbonyl (C=O) groups is 1. The molecule has 1 amide bonds. The monoisotopic (exact) mass is 289 g/mol. The molecule has 6 heteroatoms. The molecule has 0 aliphatic rings. The second kappa shape index (κ2) is 6.49. The van der Waals surface area contributed by atoms with Gasteiger partial charge in [-0.1, -0.05) is 6.07 Å². The van der Waals surface area contributed by atoms with Gasteiger partial charge < -0.3 is 10.0 Å². The van der Waals surface area contributed by atoms with Crippen LogP contribution in [0.25, 0.3) is 5.65 Å². The van der Waals surface area contributed by atoms with Crippen molar-refractivity contribution in [3.63, 3.8) is 0 Å². The molecular weight excluding hydrogens is 270 g/mol. The molecule has 0 spiro atoms. The minimum absolute atomic E-state index is 0.00541. The summed E-state index contributed by atoms with van der Waals surface area (Å²) in [5, 5.41) is 8.93. The molecule has 112 valence electrons. The standard InChI is InChI=1S/C15H19N3O3/c1-11(2)17(8-5-9-19)14(20)12-10-16-13-6-3-4-7-18(13)15(12)21/h3-4,6-7,10-11,19H,5,8-9H2,1-2H3. The van der Waals surface area contributed by atoms with E-state index in [0.717, 1.165) is 0 Å². The first-order chi connectivity index (χ1) is 10.1. The van der Waals surface area contributed by atoms with E-state index in [-0.39, 0.29) is 29.7 Å². The van der Waals surface area contributed by atoms with E-state index in [0.29, 0.717) is 18.6 Å². The van der Waals surface area contributed by atoms with Crippen LogP contribution in [0.5, 0.6) is 0 Å². The van der Waals surface area contributed by atoms with Crippen LogP contribution in [-0.4, -0.2) is 44.5 Å². The fraction of sp³-hybridized carbons (Fsp3) is 0.400. The maximum atomic E-state index is 12.5. The molecule has 2 aromatic heterocycles. The molecule has 0 saturated carbocycles. The van der Waals surface area contributed by atoms with E-state index in [1.807, 2.05) is 13.8 Å². The van der Waals surface area contributed by atoms with Crippen molar-refractivity contribution in [2.24, 2.45) is 0 Å². The van der Waals surface area contributed by atoms with Gasteiger partial charge in [-0.05, 0) is 32.4 Å². The van der Waals surface area contributed by atoms with Gasteiger partial charge in [-0.25, -0.2) is 4.98 Å². The summed E-state index contributed by atoms with van der Waals surface area (Å²) in [7, 11) is 0. The van der Waals surface area contributed by atoms with Gasteiger partial charge in [0.2, 0.25) is 0 Å². The Bertz CT molecular complexity index is 694. The van der Waals surface area contributed by atoms with Crippen LogP contribution < -0.4 is 5.56 Å². The predicted molar refractivity (Wildman–Crippen MR) is 79.3 cm³/mol. The van der Waals surface area contributed by atoms with E-state index in [2.05, 4.69) is 4.98 Å². The van der Waals surface area contributed by atoms with Crippen LogP contribution in [0.15, 0.2) is 35.4 Å². The number of aliphatic hydroxyl groups is 1. The molecule has 2 aromatic rings. The lowest BCUT2D eigenvalue weighted by molar-refractivity contribution is 0.0690. The molecule has 0 unspecified atom stereocenters. The topological polar surface area (TPSA) is 74.9 Å². The number of rotatable bonds is 5. The lowest BCUT2D eigenvalue weighted by Gasteiger charge is -2.26. The number of aromatic nitrogens is 2. The Balaban J connectivity index is 2.42. The molecule has 0 radical (unpaired) electrons. The van der Waals surface area contributed by atoms with E-state index in [1.165, 1.54) is 10.6 Å². The van der Waals surface area contributed by atoms with Crippen LogP contribution in [0.2, 0.25) is 0 Å². The Kier molecular flexibility index (Phi) is 4.70. The zero-order valence-electron chi connectivity index (χ0n) is 12.2. The van der Waals surface area contributed by atoms with Crippen LogP contribution in [0.3, 0.4) is 0 Å². The largest absolute Gasteiger partial charge is 0.396 e. The van der Waals surface area contributed by atoms with E-state index in [1.54, 1.807) is 29.3 Å². The average molecular weight is 289 g/mol. The minimum atomic E-state index is -0.375. The van der Waals surface area contributed by atoms with Crippen LogP contribution in [-0.2, 0) is 0 Å². The Morgan fingerprint density at radius 3 is 2.86 bits per heavy atom. The van der Waals surface area contributed by atoms with Gasteiger partial charge in [-0.3, -0.25) is 14.0 Å². The zero-order valence-corrected chi connectivity index (χ0v) is 12.2. The lowest BCUT2D eigenvalue weighted by atomic mass is 10.2. The van der Waals surface area contributed by atoms with Crippen molar-refractivity contribution in [1.29, 1.82) is 0 Å². The summed E-state index contributed by atoms with van der Waals surface area (Å²) in [6.07, 6.45) is 3.40. The molecule has 0 atom stereocenters. The first-order valence-corrected chi connectivity index (χ1v) is 6.94. The molecule has 0 bridgehead atoms. The molecule has 21 heavy (non-hydrogen) atoms. The molecule has 2 heterocycles. The summed E-state index contributed by atoms with van der Waals surface area (Å²) in [5.74, 6) is -0.353. The molecular formula is C15H19N3O3. The van der Waals surface area contributed by atoms with Gasteiger partial charge >= 0.3 is 0 Å². The van der Waals surface area contributed by atoms with Gasteiger partial charge in [0.15, 0.2) is 0 Å². The SMILES string of the molecule is CC(C)N(CCCO)C(=O)c1cnc2ccccn2c1=O. The molecule has 0 fully saturated rings. The highest BCUT2D eigenvalue weighted by Crippen LogP contribution is 2.07. The molecule has 0 aliphatic heterocycles. The van der Waals surface area contributed by atoms with Gasteiger partial charge in [-0.2, -0.15) is 0 Å². The van der Waals surface area contributed by atoms with E-state index >= 15 is 0 Å². The molecule has 0 saturated heterocycles. The van der Waals surface area contributed by atoms with Crippen molar-refractivity contribution in [2.75, 3.05) is 13.2 Å². The quantitative estimate of drug-likeness (QED) is 0.888. The highest BCUT2D eigenvalue weighted by molar-refractivity contribution is 5.94. The third kappa shape index (κ3) is 3.11. The molecule has 2 rings (SSSR count). The van der Waals surface area contributed by atoms with Gasteiger partial charge in [0, 0.05) is 31.6 Å². The fourth-order valence-electron chi connectivity index (χ4n) is 2.16. The van der Waals surface area contributed by atoms with Gasteiger partial charge in [-0.15, -0.1) is 0 Å². The number of carbonyl (C=O) groups excluding carboxylic acids is 1. The summed E-state index contributed by atoms with van der Waals surface area (Å²) in [5.41, 5.74) is 0.177. The Labute approximate surface area is 122 Å². The zero-order chi connectivity index (χ0) is 15.4. The lowest BCUT2D eigenvalue weighted by Crippen LogP contribution is -2.41. The number of pyridine rings is 1. The maximum Gasteiger partial charge on any atom is 0.270 e. The molecule has 1 N–H and O–H groups in total. The Hall–Kier alpha value is -2.21. The maximum absolute atomic E-state index is 12.5. The highest BCUT2D eigenvalue weighted by atomic mass is 16.3. The van der Waals surface area contributed by atoms with E-state index < -0.39 is 0 Å². The third-order valence-electron chi connectivity index (χ3n) is 3.29. The smallest absolute Gasteiger partial charge is 0.270 e. The summed E-state index contributed by atoms with van der Waals surface area (Å²) in [6.45, 7) is 4.16. The van der Waals surface area contributed by atoms with E-state index in [9.17, 15) is 9.59 Å². The van der Waals surface area contributed by atoms with Crippen molar-refractivity contribution < 1.29 is 9.90 Å². The van der Waals surface area contributed by atoms with Gasteiger partial charge in [0.1, 0.15) is 11.2 Å². The molecule has 0 aliphatic carbocycles. The first-order valence-electron chi connectivity index (χ1n) is 6.94. The second-order valence-corrected chi connectivity index (χ2v) is 5.08. The average Bonchev–Trinajstić information content (AvgIpc) is 2.47. The summed E-state index contributed by atoms with van der Waals surface area (Å²) in [6, 6.07) is 5.16. The number of nitrogens with zero attached hydrogens (tertiary/aromatic N) is 3. The summed E-state index contributed by atoms with van der Waals surface area (Å²) >= 11 is 0. The molecule has 6 nitrogen and oxygen atoms in total. The van der Waals surface area contributed by atoms with Gasteiger partial charge in [0.05, 0.1) is 0 Å².